The third-order valence-corrected chi connectivity index (χ3v) is 8.05. The summed E-state index contributed by atoms with van der Waals surface area (Å²) in [6.07, 6.45) is 6.23. The largest absolute Gasteiger partial charge is 0.493 e. The van der Waals surface area contributed by atoms with E-state index in [0.29, 0.717) is 50.7 Å². The average molecular weight is 501 g/mol. The summed E-state index contributed by atoms with van der Waals surface area (Å²) in [6, 6.07) is 5.86. The molecule has 1 aromatic carbocycles. The van der Waals surface area contributed by atoms with Gasteiger partial charge in [0.1, 0.15) is 0 Å². The van der Waals surface area contributed by atoms with Crippen molar-refractivity contribution in [1.82, 2.24) is 9.80 Å². The van der Waals surface area contributed by atoms with E-state index in [0.717, 1.165) is 44.1 Å². The van der Waals surface area contributed by atoms with E-state index in [2.05, 4.69) is 0 Å². The Morgan fingerprint density at radius 3 is 2.19 bits per heavy atom. The molecule has 2 saturated heterocycles. The maximum absolute atomic E-state index is 13.8. The molecule has 1 aromatic rings. The van der Waals surface area contributed by atoms with Crippen molar-refractivity contribution in [2.75, 3.05) is 47.0 Å². The molecule has 198 valence electrons. The number of methoxy groups -OCH3 is 2. The Bertz CT molecular complexity index is 944. The van der Waals surface area contributed by atoms with Crippen molar-refractivity contribution < 1.29 is 28.6 Å². The van der Waals surface area contributed by atoms with Crippen LogP contribution in [0.25, 0.3) is 0 Å². The third-order valence-electron chi connectivity index (χ3n) is 8.05. The molecule has 1 saturated carbocycles. The molecule has 0 radical (unpaired) electrons. The minimum atomic E-state index is -0.303. The monoisotopic (exact) mass is 500 g/mol. The number of amides is 2. The average Bonchev–Trinajstić information content (AvgIpc) is 3.47. The minimum absolute atomic E-state index is 0.0171. The van der Waals surface area contributed by atoms with Gasteiger partial charge in [0.05, 0.1) is 32.7 Å². The van der Waals surface area contributed by atoms with Gasteiger partial charge < -0.3 is 24.0 Å². The van der Waals surface area contributed by atoms with E-state index in [1.165, 1.54) is 0 Å². The first-order valence-corrected chi connectivity index (χ1v) is 13.4. The lowest BCUT2D eigenvalue weighted by atomic mass is 9.82. The zero-order valence-corrected chi connectivity index (χ0v) is 21.9. The van der Waals surface area contributed by atoms with Gasteiger partial charge in [-0.25, -0.2) is 0 Å². The molecule has 2 heterocycles. The smallest absolute Gasteiger partial charge is 0.310 e. The molecular formula is C28H40N2O6. The zero-order chi connectivity index (χ0) is 25.7. The molecule has 3 atom stereocenters. The fraction of sp³-hybridized carbons (Fsp3) is 0.679. The molecule has 0 bridgehead atoms. The van der Waals surface area contributed by atoms with Crippen LogP contribution in [0.2, 0.25) is 0 Å². The SMILES string of the molecule is CCOC(=O)[C@@H]1CCCN(C(=O)[C@@H]2C[C@@H](c3ccc(OC)c(OC)c3)CN(C(=O)C3CCCC3)C2)C1. The van der Waals surface area contributed by atoms with E-state index < -0.39 is 0 Å². The van der Waals surface area contributed by atoms with Crippen LogP contribution in [0.5, 0.6) is 11.5 Å². The molecule has 2 amide bonds. The maximum atomic E-state index is 13.8. The fourth-order valence-corrected chi connectivity index (χ4v) is 6.13. The van der Waals surface area contributed by atoms with Gasteiger partial charge in [0.15, 0.2) is 11.5 Å². The fourth-order valence-electron chi connectivity index (χ4n) is 6.13. The summed E-state index contributed by atoms with van der Waals surface area (Å²) in [5.41, 5.74) is 1.04. The van der Waals surface area contributed by atoms with E-state index in [9.17, 15) is 14.4 Å². The molecule has 3 aliphatic rings. The number of piperidine rings is 2. The topological polar surface area (TPSA) is 85.4 Å². The lowest BCUT2D eigenvalue weighted by Crippen LogP contribution is -2.52. The zero-order valence-electron chi connectivity index (χ0n) is 21.9. The number of likely N-dealkylation sites (tertiary alicyclic amines) is 2. The van der Waals surface area contributed by atoms with Crippen LogP contribution < -0.4 is 9.47 Å². The Morgan fingerprint density at radius 2 is 1.50 bits per heavy atom. The molecule has 8 heteroatoms. The summed E-state index contributed by atoms with van der Waals surface area (Å²) >= 11 is 0. The Kier molecular flexibility index (Phi) is 8.75. The molecule has 1 aliphatic carbocycles. The van der Waals surface area contributed by atoms with Gasteiger partial charge in [-0.05, 0) is 56.7 Å². The van der Waals surface area contributed by atoms with Crippen molar-refractivity contribution in [2.45, 2.75) is 57.8 Å². The number of ether oxygens (including phenoxy) is 3. The molecule has 36 heavy (non-hydrogen) atoms. The number of hydrogen-bond acceptors (Lipinski definition) is 6. The lowest BCUT2D eigenvalue weighted by molar-refractivity contribution is -0.152. The highest BCUT2D eigenvalue weighted by Crippen LogP contribution is 2.38. The first-order valence-electron chi connectivity index (χ1n) is 13.4. The molecular weight excluding hydrogens is 460 g/mol. The predicted octanol–water partition coefficient (Wildman–Crippen LogP) is 3.63. The van der Waals surface area contributed by atoms with Crippen LogP contribution in [0.1, 0.15) is 63.4 Å². The van der Waals surface area contributed by atoms with Gasteiger partial charge in [-0.3, -0.25) is 14.4 Å². The Morgan fingerprint density at radius 1 is 0.833 bits per heavy atom. The Hall–Kier alpha value is -2.77. The van der Waals surface area contributed by atoms with Crippen LogP contribution in [-0.2, 0) is 19.1 Å². The Balaban J connectivity index is 1.55. The van der Waals surface area contributed by atoms with Gasteiger partial charge >= 0.3 is 5.97 Å². The predicted molar refractivity (Wildman–Crippen MR) is 135 cm³/mol. The standard InChI is InChI=1S/C28H40N2O6/c1-4-36-28(33)21-10-7-13-29(16-21)27(32)23-14-22(20-11-12-24(34-2)25(15-20)35-3)17-30(18-23)26(31)19-8-5-6-9-19/h11-12,15,19,21-23H,4-10,13-14,16-18H2,1-3H3/t21-,22-,23-/m1/s1. The van der Waals surface area contributed by atoms with E-state index in [1.807, 2.05) is 28.0 Å². The second-order valence-electron chi connectivity index (χ2n) is 10.3. The summed E-state index contributed by atoms with van der Waals surface area (Å²) in [5.74, 6) is 0.799. The van der Waals surface area contributed by atoms with Crippen LogP contribution in [0.15, 0.2) is 18.2 Å². The number of carbonyl (C=O) groups is 3. The molecule has 8 nitrogen and oxygen atoms in total. The number of carbonyl (C=O) groups excluding carboxylic acids is 3. The summed E-state index contributed by atoms with van der Waals surface area (Å²) in [4.78, 5) is 43.3. The highest BCUT2D eigenvalue weighted by molar-refractivity contribution is 5.83. The maximum Gasteiger partial charge on any atom is 0.310 e. The van der Waals surface area contributed by atoms with Gasteiger partial charge in [-0.15, -0.1) is 0 Å². The van der Waals surface area contributed by atoms with Crippen molar-refractivity contribution in [3.8, 4) is 11.5 Å². The molecule has 0 unspecified atom stereocenters. The van der Waals surface area contributed by atoms with Crippen LogP contribution >= 0.6 is 0 Å². The first kappa shape index (κ1) is 26.3. The summed E-state index contributed by atoms with van der Waals surface area (Å²) < 4.78 is 16.1. The van der Waals surface area contributed by atoms with Crippen molar-refractivity contribution in [2.24, 2.45) is 17.8 Å². The number of nitrogens with zero attached hydrogens (tertiary/aromatic N) is 2. The van der Waals surface area contributed by atoms with Crippen molar-refractivity contribution in [3.05, 3.63) is 23.8 Å². The molecule has 3 fully saturated rings. The molecule has 2 aliphatic heterocycles. The summed E-state index contributed by atoms with van der Waals surface area (Å²) in [7, 11) is 3.22. The van der Waals surface area contributed by atoms with Crippen LogP contribution in [0.3, 0.4) is 0 Å². The quantitative estimate of drug-likeness (QED) is 0.532. The highest BCUT2D eigenvalue weighted by Gasteiger charge is 2.40. The van der Waals surface area contributed by atoms with Gasteiger partial charge in [0.25, 0.3) is 0 Å². The Labute approximate surface area is 214 Å². The molecule has 0 aromatic heterocycles. The van der Waals surface area contributed by atoms with Gasteiger partial charge in [-0.1, -0.05) is 18.9 Å². The van der Waals surface area contributed by atoms with Crippen LogP contribution in [0.4, 0.5) is 0 Å². The number of esters is 1. The normalized spacial score (nSPS) is 24.9. The van der Waals surface area contributed by atoms with Crippen LogP contribution in [-0.4, -0.2) is 74.6 Å². The van der Waals surface area contributed by atoms with E-state index >= 15 is 0 Å². The van der Waals surface area contributed by atoms with Gasteiger partial charge in [0, 0.05) is 38.0 Å². The van der Waals surface area contributed by atoms with E-state index in [1.54, 1.807) is 21.1 Å². The minimum Gasteiger partial charge on any atom is -0.493 e. The molecule has 0 N–H and O–H groups in total. The summed E-state index contributed by atoms with van der Waals surface area (Å²) in [5, 5.41) is 0. The van der Waals surface area contributed by atoms with E-state index in [-0.39, 0.29) is 41.5 Å². The van der Waals surface area contributed by atoms with Gasteiger partial charge in [0.2, 0.25) is 11.8 Å². The number of rotatable bonds is 7. The first-order chi connectivity index (χ1) is 17.4. The molecule has 4 rings (SSSR count). The van der Waals surface area contributed by atoms with Crippen molar-refractivity contribution in [1.29, 1.82) is 0 Å². The second-order valence-corrected chi connectivity index (χ2v) is 10.3. The van der Waals surface area contributed by atoms with Crippen LogP contribution in [0, 0.1) is 17.8 Å². The lowest BCUT2D eigenvalue weighted by Gasteiger charge is -2.41. The van der Waals surface area contributed by atoms with Crippen molar-refractivity contribution in [3.63, 3.8) is 0 Å². The second kappa shape index (κ2) is 12.0. The van der Waals surface area contributed by atoms with Crippen molar-refractivity contribution >= 4 is 17.8 Å². The number of hydrogen-bond donors (Lipinski definition) is 0. The highest BCUT2D eigenvalue weighted by atomic mass is 16.5. The van der Waals surface area contributed by atoms with E-state index in [4.69, 9.17) is 14.2 Å². The van der Waals surface area contributed by atoms with Gasteiger partial charge in [-0.2, -0.15) is 0 Å². The third kappa shape index (κ3) is 5.79. The molecule has 0 spiro atoms. The number of benzene rings is 1. The summed E-state index contributed by atoms with van der Waals surface area (Å²) in [6.45, 7) is 4.22.